The zero-order chi connectivity index (χ0) is 27.1. The molecule has 0 unspecified atom stereocenters. The predicted octanol–water partition coefficient (Wildman–Crippen LogP) is 4.04. The molecule has 0 aliphatic carbocycles. The van der Waals surface area contributed by atoms with E-state index in [9.17, 15) is 4.79 Å². The van der Waals surface area contributed by atoms with Crippen molar-refractivity contribution in [3.8, 4) is 22.6 Å². The number of rotatable bonds is 5. The van der Waals surface area contributed by atoms with Crippen molar-refractivity contribution in [1.29, 1.82) is 0 Å². The highest BCUT2D eigenvalue weighted by atomic mass is 16.5. The van der Waals surface area contributed by atoms with Crippen LogP contribution in [0, 0.1) is 0 Å². The highest BCUT2D eigenvalue weighted by Gasteiger charge is 2.19. The van der Waals surface area contributed by atoms with Crippen LogP contribution in [0.4, 0.5) is 5.82 Å². The van der Waals surface area contributed by atoms with Gasteiger partial charge in [0.25, 0.3) is 0 Å². The molecule has 1 N–H and O–H groups in total. The van der Waals surface area contributed by atoms with Crippen LogP contribution in [0.25, 0.3) is 51.3 Å². The molecule has 4 aromatic heterocycles. The third kappa shape index (κ3) is 4.44. The summed E-state index contributed by atoms with van der Waals surface area (Å²) in [7, 11) is 1.62. The molecule has 40 heavy (non-hydrogen) atoms. The van der Waals surface area contributed by atoms with Gasteiger partial charge in [0.05, 0.1) is 42.0 Å². The number of H-pyrrole nitrogens is 1. The lowest BCUT2D eigenvalue weighted by Gasteiger charge is -2.28. The number of ether oxygens (including phenoxy) is 1. The van der Waals surface area contributed by atoms with Crippen LogP contribution in [0.1, 0.15) is 11.4 Å². The van der Waals surface area contributed by atoms with Gasteiger partial charge in [-0.25, -0.2) is 24.4 Å². The van der Waals surface area contributed by atoms with Crippen molar-refractivity contribution in [3.63, 3.8) is 0 Å². The van der Waals surface area contributed by atoms with E-state index in [1.807, 2.05) is 73.1 Å². The van der Waals surface area contributed by atoms with E-state index in [0.717, 1.165) is 63.7 Å². The van der Waals surface area contributed by atoms with Gasteiger partial charge in [-0.15, -0.1) is 0 Å². The van der Waals surface area contributed by atoms with Gasteiger partial charge in [0.15, 0.2) is 17.3 Å². The molecule has 5 heterocycles. The molecular formula is C30H26N8O2. The van der Waals surface area contributed by atoms with Gasteiger partial charge in [-0.1, -0.05) is 48.5 Å². The normalized spacial score (nSPS) is 14.1. The van der Waals surface area contributed by atoms with E-state index in [1.165, 1.54) is 4.68 Å². The standard InChI is InChI=1S/C30H26N8O2/c1-36-30(39)34-27(35-36)22-8-6-21(7-9-22)26-18-31-28(37-14-16-40-17-15-37)29-33-24(19-38(26)29)13-12-23-11-10-20-4-2-3-5-25(20)32-23/h2-13,18-19H,14-17H2,1H3,(H,34,35,39)/b13-12+. The number of para-hydroxylation sites is 1. The first-order valence-electron chi connectivity index (χ1n) is 13.1. The largest absolute Gasteiger partial charge is 0.378 e. The third-order valence-corrected chi connectivity index (χ3v) is 7.07. The number of aromatic amines is 1. The van der Waals surface area contributed by atoms with E-state index in [2.05, 4.69) is 31.5 Å². The smallest absolute Gasteiger partial charge is 0.343 e. The second-order valence-electron chi connectivity index (χ2n) is 9.67. The van der Waals surface area contributed by atoms with Crippen LogP contribution >= 0.6 is 0 Å². The van der Waals surface area contributed by atoms with Crippen molar-refractivity contribution in [2.75, 3.05) is 31.2 Å². The summed E-state index contributed by atoms with van der Waals surface area (Å²) in [4.78, 5) is 31.4. The number of pyridine rings is 1. The number of hydrogen-bond acceptors (Lipinski definition) is 7. The van der Waals surface area contributed by atoms with Gasteiger partial charge in [0, 0.05) is 42.8 Å². The first-order chi connectivity index (χ1) is 19.6. The SMILES string of the molecule is Cn1nc(-c2ccc(-c3cnc(N4CCOCC4)c4nc(/C=C/c5ccc6ccccc6n5)cn34)cc2)[nH]c1=O. The molecule has 1 fully saturated rings. The highest BCUT2D eigenvalue weighted by molar-refractivity contribution is 5.81. The van der Waals surface area contributed by atoms with Crippen molar-refractivity contribution in [3.05, 3.63) is 94.9 Å². The monoisotopic (exact) mass is 530 g/mol. The van der Waals surface area contributed by atoms with Crippen molar-refractivity contribution in [1.82, 2.24) is 34.1 Å². The molecule has 1 saturated heterocycles. The van der Waals surface area contributed by atoms with Crippen LogP contribution in [-0.4, -0.2) is 60.4 Å². The fraction of sp³-hybridized carbons (Fsp3) is 0.167. The zero-order valence-corrected chi connectivity index (χ0v) is 21.9. The first kappa shape index (κ1) is 24.0. The van der Waals surface area contributed by atoms with E-state index >= 15 is 0 Å². The molecule has 0 saturated carbocycles. The summed E-state index contributed by atoms with van der Waals surface area (Å²) < 4.78 is 8.94. The summed E-state index contributed by atoms with van der Waals surface area (Å²) in [6, 6.07) is 20.1. The lowest BCUT2D eigenvalue weighted by Crippen LogP contribution is -2.37. The molecule has 10 nitrogen and oxygen atoms in total. The maximum atomic E-state index is 11.8. The Morgan fingerprint density at radius 1 is 0.900 bits per heavy atom. The van der Waals surface area contributed by atoms with E-state index in [4.69, 9.17) is 19.7 Å². The number of nitrogens with one attached hydrogen (secondary N) is 1. The quantitative estimate of drug-likeness (QED) is 0.359. The molecule has 0 amide bonds. The van der Waals surface area contributed by atoms with Crippen LogP contribution in [0.15, 0.2) is 77.9 Å². The summed E-state index contributed by atoms with van der Waals surface area (Å²) in [5.41, 5.74) is 5.87. The molecule has 1 aliphatic rings. The molecule has 1 aliphatic heterocycles. The van der Waals surface area contributed by atoms with E-state index < -0.39 is 0 Å². The third-order valence-electron chi connectivity index (χ3n) is 7.07. The number of nitrogens with zero attached hydrogens (tertiary/aromatic N) is 7. The van der Waals surface area contributed by atoms with Crippen molar-refractivity contribution < 1.29 is 4.74 Å². The Balaban J connectivity index is 1.28. The summed E-state index contributed by atoms with van der Waals surface area (Å²) in [6.07, 6.45) is 7.88. The number of aryl methyl sites for hydroxylation is 1. The lowest BCUT2D eigenvalue weighted by atomic mass is 10.1. The van der Waals surface area contributed by atoms with Crippen LogP contribution < -0.4 is 10.6 Å². The molecule has 7 rings (SSSR count). The second-order valence-corrected chi connectivity index (χ2v) is 9.67. The van der Waals surface area contributed by atoms with E-state index in [0.29, 0.717) is 19.0 Å². The Morgan fingerprint density at radius 2 is 1.68 bits per heavy atom. The maximum Gasteiger partial charge on any atom is 0.343 e. The summed E-state index contributed by atoms with van der Waals surface area (Å²) >= 11 is 0. The van der Waals surface area contributed by atoms with Gasteiger partial charge in [0.2, 0.25) is 0 Å². The Labute approximate surface area is 229 Å². The minimum Gasteiger partial charge on any atom is -0.378 e. The number of hydrogen-bond donors (Lipinski definition) is 1. The van der Waals surface area contributed by atoms with Gasteiger partial charge in [-0.05, 0) is 24.3 Å². The average molecular weight is 531 g/mol. The van der Waals surface area contributed by atoms with Gasteiger partial charge < -0.3 is 9.64 Å². The molecular weight excluding hydrogens is 504 g/mol. The number of morpholine rings is 1. The Bertz CT molecular complexity index is 1930. The fourth-order valence-corrected chi connectivity index (χ4v) is 4.95. The molecule has 0 radical (unpaired) electrons. The zero-order valence-electron chi connectivity index (χ0n) is 21.9. The van der Waals surface area contributed by atoms with Crippen LogP contribution in [-0.2, 0) is 11.8 Å². The number of fused-ring (bicyclic) bond motifs is 2. The van der Waals surface area contributed by atoms with Crippen molar-refractivity contribution in [2.24, 2.45) is 7.05 Å². The van der Waals surface area contributed by atoms with Crippen molar-refractivity contribution in [2.45, 2.75) is 0 Å². The fourth-order valence-electron chi connectivity index (χ4n) is 4.95. The minimum atomic E-state index is -0.249. The highest BCUT2D eigenvalue weighted by Crippen LogP contribution is 2.28. The van der Waals surface area contributed by atoms with Gasteiger partial charge in [-0.2, -0.15) is 5.10 Å². The minimum absolute atomic E-state index is 0.249. The number of aromatic nitrogens is 7. The van der Waals surface area contributed by atoms with E-state index in [-0.39, 0.29) is 5.69 Å². The maximum absolute atomic E-state index is 11.8. The molecule has 6 aromatic rings. The molecule has 0 spiro atoms. The Hall–Kier alpha value is -5.09. The summed E-state index contributed by atoms with van der Waals surface area (Å²) in [5.74, 6) is 1.36. The summed E-state index contributed by atoms with van der Waals surface area (Å²) in [6.45, 7) is 2.84. The average Bonchev–Trinajstić information content (AvgIpc) is 3.58. The summed E-state index contributed by atoms with van der Waals surface area (Å²) in [5, 5.41) is 5.36. The van der Waals surface area contributed by atoms with E-state index in [1.54, 1.807) is 7.05 Å². The van der Waals surface area contributed by atoms with Gasteiger partial charge in [-0.3, -0.25) is 9.38 Å². The Kier molecular flexibility index (Phi) is 5.94. The molecule has 0 atom stereocenters. The molecule has 10 heteroatoms. The predicted molar refractivity (Wildman–Crippen MR) is 155 cm³/mol. The molecule has 0 bridgehead atoms. The molecule has 2 aromatic carbocycles. The van der Waals surface area contributed by atoms with Crippen LogP contribution in [0.3, 0.4) is 0 Å². The number of imidazole rings is 1. The lowest BCUT2D eigenvalue weighted by molar-refractivity contribution is 0.122. The van der Waals surface area contributed by atoms with Crippen LogP contribution in [0.2, 0.25) is 0 Å². The van der Waals surface area contributed by atoms with Crippen molar-refractivity contribution >= 4 is 34.5 Å². The topological polar surface area (TPSA) is 106 Å². The Morgan fingerprint density at radius 3 is 2.48 bits per heavy atom. The van der Waals surface area contributed by atoms with Crippen LogP contribution in [0.5, 0.6) is 0 Å². The number of benzene rings is 2. The second kappa shape index (κ2) is 9.90. The first-order valence-corrected chi connectivity index (χ1v) is 13.1. The number of anilines is 1. The molecule has 198 valence electrons. The van der Waals surface area contributed by atoms with Gasteiger partial charge in [0.1, 0.15) is 0 Å². The van der Waals surface area contributed by atoms with Gasteiger partial charge >= 0.3 is 5.69 Å².